The first-order valence-electron chi connectivity index (χ1n) is 12.2. The fraction of sp³-hybridized carbons (Fsp3) is 0.172. The molecule has 2 aromatic heterocycles. The van der Waals surface area contributed by atoms with E-state index < -0.39 is 6.10 Å². The van der Waals surface area contributed by atoms with Crippen molar-refractivity contribution in [2.75, 3.05) is 11.9 Å². The predicted molar refractivity (Wildman–Crippen MR) is 156 cm³/mol. The van der Waals surface area contributed by atoms with E-state index in [9.17, 15) is 14.7 Å². The van der Waals surface area contributed by atoms with Crippen LogP contribution in [0.15, 0.2) is 88.7 Å². The van der Waals surface area contributed by atoms with Crippen LogP contribution in [0, 0.1) is 6.92 Å². The quantitative estimate of drug-likeness (QED) is 0.248. The SMILES string of the molecule is Cc1ccc2nc(NCC(O)c3ccccc3)c(/C=C3/SC(=S)N(C(C)c4ccccc4)C3=O)c(=O)n2c1. The average molecular weight is 543 g/mol. The van der Waals surface area contributed by atoms with E-state index in [1.165, 1.54) is 4.40 Å². The fourth-order valence-electron chi connectivity index (χ4n) is 4.34. The topological polar surface area (TPSA) is 86.9 Å². The molecule has 3 heterocycles. The third-order valence-electron chi connectivity index (χ3n) is 6.42. The van der Waals surface area contributed by atoms with Crippen LogP contribution in [0.5, 0.6) is 0 Å². The molecule has 192 valence electrons. The van der Waals surface area contributed by atoms with Crippen LogP contribution >= 0.6 is 24.0 Å². The van der Waals surface area contributed by atoms with Crippen LogP contribution in [0.4, 0.5) is 5.82 Å². The van der Waals surface area contributed by atoms with Gasteiger partial charge in [0.15, 0.2) is 0 Å². The molecule has 1 aliphatic rings. The summed E-state index contributed by atoms with van der Waals surface area (Å²) in [5.41, 5.74) is 2.96. The smallest absolute Gasteiger partial charge is 0.267 e. The van der Waals surface area contributed by atoms with Crippen molar-refractivity contribution in [1.29, 1.82) is 0 Å². The van der Waals surface area contributed by atoms with Gasteiger partial charge in [-0.15, -0.1) is 0 Å². The van der Waals surface area contributed by atoms with Gasteiger partial charge in [-0.1, -0.05) is 90.7 Å². The number of nitrogens with zero attached hydrogens (tertiary/aromatic N) is 3. The molecule has 1 saturated heterocycles. The molecule has 38 heavy (non-hydrogen) atoms. The number of rotatable bonds is 7. The minimum absolute atomic E-state index is 0.130. The molecule has 2 aromatic carbocycles. The highest BCUT2D eigenvalue weighted by Crippen LogP contribution is 2.38. The Hall–Kier alpha value is -3.79. The van der Waals surface area contributed by atoms with Crippen LogP contribution in [0.2, 0.25) is 0 Å². The van der Waals surface area contributed by atoms with Gasteiger partial charge in [0.05, 0.1) is 22.6 Å². The van der Waals surface area contributed by atoms with E-state index in [-0.39, 0.29) is 35.4 Å². The van der Waals surface area contributed by atoms with E-state index >= 15 is 0 Å². The van der Waals surface area contributed by atoms with Crippen molar-refractivity contribution in [2.24, 2.45) is 0 Å². The maximum atomic E-state index is 13.6. The molecule has 2 unspecified atom stereocenters. The molecule has 5 rings (SSSR count). The number of thiocarbonyl (C=S) groups is 1. The zero-order chi connectivity index (χ0) is 26.8. The Kier molecular flexibility index (Phi) is 7.42. The van der Waals surface area contributed by atoms with Gasteiger partial charge in [-0.25, -0.2) is 4.98 Å². The summed E-state index contributed by atoms with van der Waals surface area (Å²) >= 11 is 6.73. The number of aliphatic hydroxyl groups excluding tert-OH is 1. The lowest BCUT2D eigenvalue weighted by molar-refractivity contribution is -0.123. The van der Waals surface area contributed by atoms with Crippen LogP contribution < -0.4 is 10.9 Å². The highest BCUT2D eigenvalue weighted by molar-refractivity contribution is 8.26. The number of amides is 1. The molecule has 0 radical (unpaired) electrons. The molecule has 2 atom stereocenters. The van der Waals surface area contributed by atoms with Crippen LogP contribution in [0.25, 0.3) is 11.7 Å². The van der Waals surface area contributed by atoms with Crippen molar-refractivity contribution < 1.29 is 9.90 Å². The standard InChI is InChI=1S/C29H26N4O3S2/c1-18-13-14-25-31-26(30-16-23(34)21-11-7-4-8-12-21)22(27(35)32(25)17-18)15-24-28(36)33(29(37)38-24)19(2)20-9-5-3-6-10-20/h3-15,17,19,23,30,34H,16H2,1-2H3/b24-15+. The van der Waals surface area contributed by atoms with Gasteiger partial charge in [0.1, 0.15) is 15.8 Å². The van der Waals surface area contributed by atoms with Gasteiger partial charge < -0.3 is 10.4 Å². The second-order valence-corrected chi connectivity index (χ2v) is 10.7. The molecule has 9 heteroatoms. The van der Waals surface area contributed by atoms with Gasteiger partial charge in [0.2, 0.25) is 0 Å². The highest BCUT2D eigenvalue weighted by atomic mass is 32.2. The van der Waals surface area contributed by atoms with Crippen molar-refractivity contribution in [2.45, 2.75) is 26.0 Å². The number of pyridine rings is 1. The van der Waals surface area contributed by atoms with Crippen molar-refractivity contribution in [1.82, 2.24) is 14.3 Å². The second-order valence-electron chi connectivity index (χ2n) is 9.06. The summed E-state index contributed by atoms with van der Waals surface area (Å²) in [4.78, 5) is 33.7. The number of aliphatic hydroxyl groups is 1. The van der Waals surface area contributed by atoms with Crippen molar-refractivity contribution in [3.63, 3.8) is 0 Å². The molecule has 0 aliphatic carbocycles. The molecule has 1 aliphatic heterocycles. The average Bonchev–Trinajstić information content (AvgIpc) is 3.22. The zero-order valence-electron chi connectivity index (χ0n) is 20.9. The first kappa shape index (κ1) is 25.8. The van der Waals surface area contributed by atoms with E-state index in [0.29, 0.717) is 14.9 Å². The number of carbonyl (C=O) groups is 1. The lowest BCUT2D eigenvalue weighted by Crippen LogP contribution is -2.31. The zero-order valence-corrected chi connectivity index (χ0v) is 22.5. The molecular weight excluding hydrogens is 516 g/mol. The third kappa shape index (κ3) is 5.13. The second kappa shape index (κ2) is 10.9. The number of benzene rings is 2. The lowest BCUT2D eigenvalue weighted by atomic mass is 10.1. The summed E-state index contributed by atoms with van der Waals surface area (Å²) in [5, 5.41) is 13.8. The van der Waals surface area contributed by atoms with E-state index in [1.807, 2.05) is 80.6 Å². The van der Waals surface area contributed by atoms with Crippen LogP contribution in [-0.4, -0.2) is 36.2 Å². The van der Waals surface area contributed by atoms with Gasteiger partial charge in [0.25, 0.3) is 11.5 Å². The molecule has 1 amide bonds. The Morgan fingerprint density at radius 2 is 1.68 bits per heavy atom. The van der Waals surface area contributed by atoms with Crippen LogP contribution in [-0.2, 0) is 4.79 Å². The van der Waals surface area contributed by atoms with Gasteiger partial charge in [0, 0.05) is 12.7 Å². The Morgan fingerprint density at radius 3 is 2.37 bits per heavy atom. The van der Waals surface area contributed by atoms with Gasteiger partial charge in [-0.05, 0) is 42.7 Å². The van der Waals surface area contributed by atoms with Crippen molar-refractivity contribution in [3.05, 3.63) is 117 Å². The summed E-state index contributed by atoms with van der Waals surface area (Å²) < 4.78 is 1.89. The van der Waals surface area contributed by atoms with Gasteiger partial charge in [-0.2, -0.15) is 0 Å². The highest BCUT2D eigenvalue weighted by Gasteiger charge is 2.36. The first-order chi connectivity index (χ1) is 18.3. The number of nitrogens with one attached hydrogen (secondary N) is 1. The molecule has 2 N–H and O–H groups in total. The number of hydrogen-bond donors (Lipinski definition) is 2. The molecular formula is C29H26N4O3S2. The van der Waals surface area contributed by atoms with Crippen LogP contribution in [0.3, 0.4) is 0 Å². The molecule has 0 bridgehead atoms. The predicted octanol–water partition coefficient (Wildman–Crippen LogP) is 5.11. The third-order valence-corrected chi connectivity index (χ3v) is 7.75. The number of aromatic nitrogens is 2. The summed E-state index contributed by atoms with van der Waals surface area (Å²) in [7, 11) is 0. The monoisotopic (exact) mass is 542 g/mol. The first-order valence-corrected chi connectivity index (χ1v) is 13.4. The maximum Gasteiger partial charge on any atom is 0.267 e. The summed E-state index contributed by atoms with van der Waals surface area (Å²) in [6.45, 7) is 3.95. The van der Waals surface area contributed by atoms with Crippen molar-refractivity contribution in [3.8, 4) is 0 Å². The Bertz CT molecular complexity index is 1600. The van der Waals surface area contributed by atoms with Crippen LogP contribution in [0.1, 0.15) is 41.3 Å². The number of aryl methyl sites for hydroxylation is 1. The fourth-order valence-corrected chi connectivity index (χ4v) is 5.74. The minimum atomic E-state index is -0.813. The van der Waals surface area contributed by atoms with Gasteiger partial charge >= 0.3 is 0 Å². The Morgan fingerprint density at radius 1 is 1.03 bits per heavy atom. The normalized spacial score (nSPS) is 16.3. The molecule has 0 spiro atoms. The number of fused-ring (bicyclic) bond motifs is 1. The number of carbonyl (C=O) groups excluding carboxylic acids is 1. The molecule has 1 fully saturated rings. The molecule has 4 aromatic rings. The summed E-state index contributed by atoms with van der Waals surface area (Å²) in [6.07, 6.45) is 2.46. The number of hydrogen-bond acceptors (Lipinski definition) is 7. The molecule has 7 nitrogen and oxygen atoms in total. The van der Waals surface area contributed by atoms with E-state index in [0.717, 1.165) is 28.5 Å². The van der Waals surface area contributed by atoms with E-state index in [2.05, 4.69) is 10.3 Å². The summed E-state index contributed by atoms with van der Waals surface area (Å²) in [6, 6.07) is 22.3. The lowest BCUT2D eigenvalue weighted by Gasteiger charge is -2.23. The summed E-state index contributed by atoms with van der Waals surface area (Å²) in [5.74, 6) is 0.0237. The number of thioether (sulfide) groups is 1. The van der Waals surface area contributed by atoms with Gasteiger partial charge in [-0.3, -0.25) is 18.9 Å². The maximum absolute atomic E-state index is 13.6. The van der Waals surface area contributed by atoms with E-state index in [4.69, 9.17) is 12.2 Å². The molecule has 0 saturated carbocycles. The number of anilines is 1. The van der Waals surface area contributed by atoms with Crippen molar-refractivity contribution >= 4 is 51.7 Å². The largest absolute Gasteiger partial charge is 0.387 e. The Balaban J connectivity index is 1.52. The minimum Gasteiger partial charge on any atom is -0.387 e. The Labute approximate surface area is 229 Å². The van der Waals surface area contributed by atoms with E-state index in [1.54, 1.807) is 23.2 Å².